The van der Waals surface area contributed by atoms with Crippen LogP contribution < -0.4 is 27.4 Å². The number of amides is 4. The number of hydrogen-bond donors (Lipinski definition) is 8. The van der Waals surface area contributed by atoms with Gasteiger partial charge in [0.05, 0.1) is 12.7 Å². The zero-order valence-corrected chi connectivity index (χ0v) is 18.6. The Morgan fingerprint density at radius 3 is 1.94 bits per heavy atom. The molecule has 5 atom stereocenters. The van der Waals surface area contributed by atoms with Gasteiger partial charge >= 0.3 is 5.97 Å². The van der Waals surface area contributed by atoms with Crippen LogP contribution in [0.1, 0.15) is 25.3 Å². The van der Waals surface area contributed by atoms with E-state index in [1.165, 1.54) is 6.92 Å². The molecule has 0 spiro atoms. The highest BCUT2D eigenvalue weighted by Crippen LogP contribution is 2.05. The summed E-state index contributed by atoms with van der Waals surface area (Å²) >= 11 is 0. The van der Waals surface area contributed by atoms with Gasteiger partial charge in [0.15, 0.2) is 0 Å². The maximum Gasteiger partial charge on any atom is 0.326 e. The molecule has 1 rings (SSSR count). The Kier molecular flexibility index (Phi) is 11.6. The van der Waals surface area contributed by atoms with Crippen molar-refractivity contribution in [2.45, 2.75) is 56.5 Å². The topological polar surface area (TPSA) is 234 Å². The number of nitrogens with one attached hydrogen (secondary N) is 3. The van der Waals surface area contributed by atoms with Gasteiger partial charge in [0.1, 0.15) is 24.2 Å². The number of hydrogen-bond acceptors (Lipinski definition) is 8. The smallest absolute Gasteiger partial charge is 0.326 e. The molecule has 0 aliphatic rings. The lowest BCUT2D eigenvalue weighted by Gasteiger charge is -2.25. The maximum atomic E-state index is 12.9. The molecule has 0 aromatic heterocycles. The first kappa shape index (κ1) is 28.5. The molecule has 4 amide bonds. The summed E-state index contributed by atoms with van der Waals surface area (Å²) in [7, 11) is 0. The highest BCUT2D eigenvalue weighted by molar-refractivity contribution is 5.94. The molecule has 34 heavy (non-hydrogen) atoms. The molecular weight excluding hydrogens is 450 g/mol. The third-order valence-electron chi connectivity index (χ3n) is 4.85. The molecule has 10 N–H and O–H groups in total. The van der Waals surface area contributed by atoms with Gasteiger partial charge in [0.25, 0.3) is 0 Å². The van der Waals surface area contributed by atoms with Crippen molar-refractivity contribution in [1.29, 1.82) is 0 Å². The van der Waals surface area contributed by atoms with Crippen molar-refractivity contribution in [2.24, 2.45) is 11.5 Å². The Morgan fingerprint density at radius 2 is 1.44 bits per heavy atom. The minimum absolute atomic E-state index is 0.00106. The second-order valence-electron chi connectivity index (χ2n) is 7.67. The van der Waals surface area contributed by atoms with E-state index in [-0.39, 0.29) is 19.3 Å². The fourth-order valence-corrected chi connectivity index (χ4v) is 2.83. The van der Waals surface area contributed by atoms with Gasteiger partial charge in [-0.1, -0.05) is 30.3 Å². The third-order valence-corrected chi connectivity index (χ3v) is 4.85. The quantitative estimate of drug-likeness (QED) is 0.133. The van der Waals surface area contributed by atoms with Crippen LogP contribution in [-0.2, 0) is 30.4 Å². The zero-order chi connectivity index (χ0) is 25.8. The Labute approximate surface area is 195 Å². The highest BCUT2D eigenvalue weighted by Gasteiger charge is 2.31. The predicted octanol–water partition coefficient (Wildman–Crippen LogP) is -3.27. The Bertz CT molecular complexity index is 864. The number of benzene rings is 1. The van der Waals surface area contributed by atoms with Gasteiger partial charge in [0.2, 0.25) is 23.6 Å². The maximum absolute atomic E-state index is 12.9. The van der Waals surface area contributed by atoms with E-state index < -0.39 is 66.5 Å². The molecule has 0 saturated heterocycles. The second kappa shape index (κ2) is 13.9. The summed E-state index contributed by atoms with van der Waals surface area (Å²) in [6, 6.07) is 3.02. The van der Waals surface area contributed by atoms with E-state index in [9.17, 15) is 39.3 Å². The lowest BCUT2D eigenvalue weighted by Crippen LogP contribution is -2.59. The average molecular weight is 482 g/mol. The summed E-state index contributed by atoms with van der Waals surface area (Å²) in [5.74, 6) is -4.87. The van der Waals surface area contributed by atoms with E-state index in [0.717, 1.165) is 0 Å². The minimum Gasteiger partial charge on any atom is -0.480 e. The molecule has 0 saturated carbocycles. The van der Waals surface area contributed by atoms with Gasteiger partial charge in [-0.2, -0.15) is 0 Å². The van der Waals surface area contributed by atoms with Crippen LogP contribution in [0.2, 0.25) is 0 Å². The van der Waals surface area contributed by atoms with Crippen LogP contribution in [0.5, 0.6) is 0 Å². The van der Waals surface area contributed by atoms with Crippen molar-refractivity contribution in [3.63, 3.8) is 0 Å². The molecule has 1 aromatic carbocycles. The van der Waals surface area contributed by atoms with E-state index in [2.05, 4.69) is 16.0 Å². The molecular formula is C21H31N5O8. The van der Waals surface area contributed by atoms with E-state index in [1.807, 2.05) is 0 Å². The minimum atomic E-state index is -1.55. The first-order valence-corrected chi connectivity index (χ1v) is 10.5. The summed E-state index contributed by atoms with van der Waals surface area (Å²) in [5, 5.41) is 35.2. The summed E-state index contributed by atoms with van der Waals surface area (Å²) < 4.78 is 0. The molecule has 13 nitrogen and oxygen atoms in total. The number of aliphatic hydroxyl groups excluding tert-OH is 2. The van der Waals surface area contributed by atoms with E-state index in [1.54, 1.807) is 30.3 Å². The zero-order valence-electron chi connectivity index (χ0n) is 18.6. The van der Waals surface area contributed by atoms with E-state index in [0.29, 0.717) is 5.56 Å². The Balaban J connectivity index is 2.97. The molecule has 13 heteroatoms. The lowest BCUT2D eigenvalue weighted by atomic mass is 10.0. The molecule has 0 heterocycles. The average Bonchev–Trinajstić information content (AvgIpc) is 2.78. The van der Waals surface area contributed by atoms with Crippen molar-refractivity contribution in [1.82, 2.24) is 16.0 Å². The molecule has 188 valence electrons. The number of aliphatic hydroxyl groups is 2. The van der Waals surface area contributed by atoms with Crippen LogP contribution in [0.3, 0.4) is 0 Å². The van der Waals surface area contributed by atoms with Gasteiger partial charge in [-0.25, -0.2) is 4.79 Å². The van der Waals surface area contributed by atoms with E-state index >= 15 is 0 Å². The van der Waals surface area contributed by atoms with E-state index in [4.69, 9.17) is 11.5 Å². The van der Waals surface area contributed by atoms with Crippen molar-refractivity contribution in [2.75, 3.05) is 6.61 Å². The van der Waals surface area contributed by atoms with Gasteiger partial charge in [0, 0.05) is 12.8 Å². The van der Waals surface area contributed by atoms with Crippen LogP contribution in [0.15, 0.2) is 30.3 Å². The van der Waals surface area contributed by atoms with Gasteiger partial charge < -0.3 is 42.7 Å². The number of carbonyl (C=O) groups is 5. The third kappa shape index (κ3) is 9.52. The van der Waals surface area contributed by atoms with Gasteiger partial charge in [-0.15, -0.1) is 0 Å². The monoisotopic (exact) mass is 481 g/mol. The normalized spacial score (nSPS) is 15.2. The number of nitrogens with two attached hydrogens (primary N) is 2. The standard InChI is InChI=1S/C21H31N5O8/c1-11(28)17(23)20(32)25-14(9-12-5-3-2-4-6-12)18(30)26-15(10-27)19(31)24-13(21(33)34)7-8-16(22)29/h2-6,11,13-15,17,27-28H,7-10,23H2,1H3,(H2,22,29)(H,24,31)(H,25,32)(H,26,30)(H,33,34). The number of rotatable bonds is 14. The van der Waals surface area contributed by atoms with Crippen LogP contribution in [0.4, 0.5) is 0 Å². The fraction of sp³-hybridized carbons (Fsp3) is 0.476. The summed E-state index contributed by atoms with van der Waals surface area (Å²) in [6.45, 7) is 0.429. The number of carboxylic acids is 1. The highest BCUT2D eigenvalue weighted by atomic mass is 16.4. The molecule has 1 aromatic rings. The van der Waals surface area contributed by atoms with Crippen LogP contribution in [0, 0.1) is 0 Å². The van der Waals surface area contributed by atoms with Crippen LogP contribution in [-0.4, -0.2) is 81.8 Å². The summed E-state index contributed by atoms with van der Waals surface area (Å²) in [5.41, 5.74) is 11.3. The molecule has 0 bridgehead atoms. The van der Waals surface area contributed by atoms with Crippen molar-refractivity contribution in [3.8, 4) is 0 Å². The first-order valence-electron chi connectivity index (χ1n) is 10.5. The summed E-state index contributed by atoms with van der Waals surface area (Å²) in [4.78, 5) is 59.9. The van der Waals surface area contributed by atoms with Crippen molar-refractivity contribution >= 4 is 29.6 Å². The predicted molar refractivity (Wildman–Crippen MR) is 119 cm³/mol. The van der Waals surface area contributed by atoms with Crippen LogP contribution >= 0.6 is 0 Å². The largest absolute Gasteiger partial charge is 0.480 e. The fourth-order valence-electron chi connectivity index (χ4n) is 2.83. The molecule has 0 aliphatic carbocycles. The Morgan fingerprint density at radius 1 is 0.912 bits per heavy atom. The number of carboxylic acid groups (broad SMARTS) is 1. The lowest BCUT2D eigenvalue weighted by molar-refractivity contribution is -0.143. The number of primary amides is 1. The molecule has 0 radical (unpaired) electrons. The van der Waals surface area contributed by atoms with Gasteiger partial charge in [-0.05, 0) is 18.9 Å². The molecule has 5 unspecified atom stereocenters. The molecule has 0 fully saturated rings. The Hall–Kier alpha value is -3.55. The van der Waals surface area contributed by atoms with Crippen molar-refractivity contribution in [3.05, 3.63) is 35.9 Å². The number of aliphatic carboxylic acids is 1. The molecule has 0 aliphatic heterocycles. The van der Waals surface area contributed by atoms with Gasteiger partial charge in [-0.3, -0.25) is 19.2 Å². The van der Waals surface area contributed by atoms with Crippen LogP contribution in [0.25, 0.3) is 0 Å². The number of carbonyl (C=O) groups excluding carboxylic acids is 4. The summed E-state index contributed by atoms with van der Waals surface area (Å²) in [6.07, 6.45) is -1.78. The SMILES string of the molecule is CC(O)C(N)C(=O)NC(Cc1ccccc1)C(=O)NC(CO)C(=O)NC(CCC(N)=O)C(=O)O. The first-order chi connectivity index (χ1) is 16.0. The second-order valence-corrected chi connectivity index (χ2v) is 7.67. The van der Waals surface area contributed by atoms with Crippen molar-refractivity contribution < 1.29 is 39.3 Å².